The number of nitro groups is 1. The second-order valence-electron chi connectivity index (χ2n) is 8.60. The van der Waals surface area contributed by atoms with Crippen molar-refractivity contribution in [3.63, 3.8) is 0 Å². The van der Waals surface area contributed by atoms with Crippen LogP contribution in [0.25, 0.3) is 0 Å². The monoisotopic (exact) mass is 390 g/mol. The highest BCUT2D eigenvalue weighted by Gasteiger charge is 2.41. The molecule has 0 unspecified atom stereocenters. The Labute approximate surface area is 163 Å². The summed E-state index contributed by atoms with van der Waals surface area (Å²) in [6, 6.07) is 5.36. The van der Waals surface area contributed by atoms with E-state index in [2.05, 4.69) is 9.80 Å². The molecule has 0 radical (unpaired) electrons. The average Bonchev–Trinajstić information content (AvgIpc) is 2.58. The van der Waals surface area contributed by atoms with E-state index in [1.165, 1.54) is 12.1 Å². The van der Waals surface area contributed by atoms with Crippen LogP contribution in [0.5, 0.6) is 5.75 Å². The van der Waals surface area contributed by atoms with Gasteiger partial charge in [-0.15, -0.1) is 0 Å². The predicted molar refractivity (Wildman–Crippen MR) is 103 cm³/mol. The van der Waals surface area contributed by atoms with E-state index in [-0.39, 0.29) is 17.8 Å². The lowest BCUT2D eigenvalue weighted by Crippen LogP contribution is -2.67. The quantitative estimate of drug-likeness (QED) is 0.564. The van der Waals surface area contributed by atoms with Crippen molar-refractivity contribution in [2.45, 2.75) is 38.5 Å². The van der Waals surface area contributed by atoms with Crippen molar-refractivity contribution in [1.82, 2.24) is 9.80 Å². The number of nitro benzene ring substituents is 1. The van der Waals surface area contributed by atoms with Crippen LogP contribution >= 0.6 is 0 Å². The van der Waals surface area contributed by atoms with Crippen molar-refractivity contribution < 1.29 is 19.2 Å². The van der Waals surface area contributed by atoms with Gasteiger partial charge in [-0.2, -0.15) is 0 Å². The first kappa shape index (κ1) is 18.8. The maximum absolute atomic E-state index is 12.1. The van der Waals surface area contributed by atoms with Gasteiger partial charge in [0.25, 0.3) is 5.69 Å². The fourth-order valence-electron chi connectivity index (χ4n) is 3.99. The number of likely N-dealkylation sites (tertiary alicyclic amines) is 1. The first-order chi connectivity index (χ1) is 13.2. The van der Waals surface area contributed by atoms with Crippen LogP contribution in [0.1, 0.15) is 20.8 Å². The SMILES string of the molecule is CC(C)(C)OC(=O)N1CC(N2CCN3c4ccc([N+](=O)[O-])cc4OC[C@@H]3C2)C1. The summed E-state index contributed by atoms with van der Waals surface area (Å²) in [5.41, 5.74) is 0.494. The van der Waals surface area contributed by atoms with Crippen LogP contribution in [0, 0.1) is 10.1 Å². The molecule has 1 aromatic carbocycles. The molecule has 2 saturated heterocycles. The number of fused-ring (bicyclic) bond motifs is 3. The Hall–Kier alpha value is -2.55. The van der Waals surface area contributed by atoms with Gasteiger partial charge in [-0.3, -0.25) is 15.0 Å². The summed E-state index contributed by atoms with van der Waals surface area (Å²) in [6.45, 7) is 10.1. The molecule has 0 aromatic heterocycles. The Kier molecular flexibility index (Phi) is 4.57. The number of ether oxygens (including phenoxy) is 2. The van der Waals surface area contributed by atoms with Gasteiger partial charge in [0.05, 0.1) is 22.7 Å². The summed E-state index contributed by atoms with van der Waals surface area (Å²) < 4.78 is 11.2. The maximum Gasteiger partial charge on any atom is 0.410 e. The van der Waals surface area contributed by atoms with E-state index in [0.29, 0.717) is 31.5 Å². The number of anilines is 1. The third-order valence-electron chi connectivity index (χ3n) is 5.44. The molecule has 9 nitrogen and oxygen atoms in total. The first-order valence-corrected chi connectivity index (χ1v) is 9.61. The molecule has 0 aliphatic carbocycles. The first-order valence-electron chi connectivity index (χ1n) is 9.61. The second kappa shape index (κ2) is 6.80. The van der Waals surface area contributed by atoms with Gasteiger partial charge >= 0.3 is 6.09 Å². The highest BCUT2D eigenvalue weighted by molar-refractivity contribution is 5.69. The van der Waals surface area contributed by atoms with Crippen molar-refractivity contribution in [1.29, 1.82) is 0 Å². The number of non-ortho nitro benzene ring substituents is 1. The normalized spacial score (nSPS) is 22.6. The van der Waals surface area contributed by atoms with Gasteiger partial charge in [0, 0.05) is 44.8 Å². The van der Waals surface area contributed by atoms with E-state index >= 15 is 0 Å². The number of piperazine rings is 1. The lowest BCUT2D eigenvalue weighted by atomic mass is 10.0. The number of hydrogen-bond donors (Lipinski definition) is 0. The number of carbonyl (C=O) groups excluding carboxylic acids is 1. The highest BCUT2D eigenvalue weighted by Crippen LogP contribution is 2.38. The molecular weight excluding hydrogens is 364 g/mol. The molecule has 152 valence electrons. The molecule has 9 heteroatoms. The number of nitrogens with zero attached hydrogens (tertiary/aromatic N) is 4. The molecule has 0 saturated carbocycles. The van der Waals surface area contributed by atoms with Gasteiger partial charge in [-0.05, 0) is 26.8 Å². The number of amides is 1. The Morgan fingerprint density at radius 3 is 2.64 bits per heavy atom. The molecule has 1 atom stereocenters. The van der Waals surface area contributed by atoms with Crippen LogP contribution in [0.3, 0.4) is 0 Å². The molecule has 4 rings (SSSR count). The highest BCUT2D eigenvalue weighted by atomic mass is 16.6. The van der Waals surface area contributed by atoms with Crippen LogP contribution in [0.4, 0.5) is 16.2 Å². The van der Waals surface area contributed by atoms with Crippen molar-refractivity contribution in [2.75, 3.05) is 44.2 Å². The molecule has 1 aromatic rings. The third-order valence-corrected chi connectivity index (χ3v) is 5.44. The van der Waals surface area contributed by atoms with Gasteiger partial charge in [-0.1, -0.05) is 0 Å². The smallest absolute Gasteiger partial charge is 0.410 e. The van der Waals surface area contributed by atoms with Gasteiger partial charge < -0.3 is 19.3 Å². The lowest BCUT2D eigenvalue weighted by Gasteiger charge is -2.51. The van der Waals surface area contributed by atoms with Crippen molar-refractivity contribution >= 4 is 17.5 Å². The van der Waals surface area contributed by atoms with Crippen LogP contribution in [0.15, 0.2) is 18.2 Å². The van der Waals surface area contributed by atoms with E-state index < -0.39 is 10.5 Å². The van der Waals surface area contributed by atoms with E-state index in [9.17, 15) is 14.9 Å². The van der Waals surface area contributed by atoms with Crippen molar-refractivity contribution in [3.8, 4) is 5.75 Å². The van der Waals surface area contributed by atoms with E-state index in [0.717, 1.165) is 25.3 Å². The van der Waals surface area contributed by atoms with Gasteiger partial charge in [0.15, 0.2) is 0 Å². The molecule has 2 fully saturated rings. The molecule has 3 heterocycles. The van der Waals surface area contributed by atoms with E-state index in [4.69, 9.17) is 9.47 Å². The molecule has 3 aliphatic heterocycles. The lowest BCUT2D eigenvalue weighted by molar-refractivity contribution is -0.384. The van der Waals surface area contributed by atoms with E-state index in [1.54, 1.807) is 11.0 Å². The van der Waals surface area contributed by atoms with Crippen molar-refractivity contribution in [3.05, 3.63) is 28.3 Å². The summed E-state index contributed by atoms with van der Waals surface area (Å²) in [6.07, 6.45) is -0.251. The molecular formula is C19H26N4O5. The topological polar surface area (TPSA) is 88.4 Å². The fraction of sp³-hybridized carbons (Fsp3) is 0.632. The Balaban J connectivity index is 1.35. The number of benzene rings is 1. The Morgan fingerprint density at radius 1 is 1.21 bits per heavy atom. The Bertz CT molecular complexity index is 787. The average molecular weight is 390 g/mol. The minimum Gasteiger partial charge on any atom is -0.489 e. The fourth-order valence-corrected chi connectivity index (χ4v) is 3.99. The summed E-state index contributed by atoms with van der Waals surface area (Å²) in [7, 11) is 0. The molecule has 0 bridgehead atoms. The zero-order valence-corrected chi connectivity index (χ0v) is 16.5. The molecule has 0 spiro atoms. The van der Waals surface area contributed by atoms with Gasteiger partial charge in [0.2, 0.25) is 0 Å². The predicted octanol–water partition coefficient (Wildman–Crippen LogP) is 2.10. The minimum absolute atomic E-state index is 0.0486. The molecule has 0 N–H and O–H groups in total. The van der Waals surface area contributed by atoms with Crippen LogP contribution in [0.2, 0.25) is 0 Å². The maximum atomic E-state index is 12.1. The van der Waals surface area contributed by atoms with E-state index in [1.807, 2.05) is 20.8 Å². The largest absolute Gasteiger partial charge is 0.489 e. The summed E-state index contributed by atoms with van der Waals surface area (Å²) in [5.74, 6) is 0.582. The van der Waals surface area contributed by atoms with Crippen LogP contribution in [-0.4, -0.2) is 77.8 Å². The van der Waals surface area contributed by atoms with Crippen molar-refractivity contribution in [2.24, 2.45) is 0 Å². The second-order valence-corrected chi connectivity index (χ2v) is 8.60. The number of rotatable bonds is 2. The summed E-state index contributed by atoms with van der Waals surface area (Å²) in [5, 5.41) is 11.0. The zero-order valence-electron chi connectivity index (χ0n) is 16.5. The minimum atomic E-state index is -0.476. The standard InChI is InChI=1S/C19H26N4O5/c1-19(2,3)28-18(24)21-9-14(10-21)20-6-7-22-15(11-20)12-27-17-8-13(23(25)26)4-5-16(17)22/h4-5,8,14-15H,6-7,9-12H2,1-3H3/t15-/m0/s1. The number of hydrogen-bond acceptors (Lipinski definition) is 7. The molecule has 1 amide bonds. The Morgan fingerprint density at radius 2 is 1.96 bits per heavy atom. The van der Waals surface area contributed by atoms with Gasteiger partial charge in [0.1, 0.15) is 18.0 Å². The van der Waals surface area contributed by atoms with Gasteiger partial charge in [-0.25, -0.2) is 4.79 Å². The summed E-state index contributed by atoms with van der Waals surface area (Å²) >= 11 is 0. The van der Waals surface area contributed by atoms with Crippen LogP contribution in [-0.2, 0) is 4.74 Å². The third kappa shape index (κ3) is 3.58. The molecule has 28 heavy (non-hydrogen) atoms. The number of carbonyl (C=O) groups is 1. The zero-order chi connectivity index (χ0) is 20.1. The van der Waals surface area contributed by atoms with Crippen LogP contribution < -0.4 is 9.64 Å². The molecule has 3 aliphatic rings. The summed E-state index contributed by atoms with van der Waals surface area (Å²) in [4.78, 5) is 29.1.